The highest BCUT2D eigenvalue weighted by Crippen LogP contribution is 2.22. The van der Waals surface area contributed by atoms with Crippen LogP contribution in [-0.2, 0) is 101 Å². The van der Waals surface area contributed by atoms with Crippen LogP contribution in [0.25, 0.3) is 11.1 Å². The Bertz CT molecular complexity index is 4570. The van der Waals surface area contributed by atoms with Gasteiger partial charge in [-0.2, -0.15) is 0 Å². The molecule has 1 aliphatic rings. The number of rotatable bonds is 26. The molecule has 130 heavy (non-hydrogen) atoms. The van der Waals surface area contributed by atoms with Gasteiger partial charge in [0.15, 0.2) is 0 Å². The van der Waals surface area contributed by atoms with E-state index in [0.29, 0.717) is 34.0 Å². The molecule has 25 N–H and O–H groups in total. The van der Waals surface area contributed by atoms with Gasteiger partial charge in [0, 0.05) is 57.5 Å². The second kappa shape index (κ2) is 53.3. The van der Waals surface area contributed by atoms with Gasteiger partial charge in [-0.1, -0.05) is 140 Å². The van der Waals surface area contributed by atoms with E-state index in [-0.39, 0.29) is 76.3 Å². The number of aliphatic hydroxyl groups is 1. The monoisotopic (exact) mass is 1830 g/mol. The van der Waals surface area contributed by atoms with Gasteiger partial charge in [-0.05, 0) is 130 Å². The van der Waals surface area contributed by atoms with E-state index in [1.165, 1.54) is 59.3 Å². The number of aromatic nitrogens is 1. The fourth-order valence-corrected chi connectivity index (χ4v) is 14.6. The molecule has 0 unspecified atom stereocenters. The third-order valence-corrected chi connectivity index (χ3v) is 22.2. The Balaban J connectivity index is 1.67. The van der Waals surface area contributed by atoms with Crippen LogP contribution in [0.3, 0.4) is 0 Å². The van der Waals surface area contributed by atoms with Crippen LogP contribution < -0.4 is 103 Å². The summed E-state index contributed by atoms with van der Waals surface area (Å²) in [6.07, 6.45) is -1.72. The molecule has 0 aliphatic carbocycles. The first kappa shape index (κ1) is 108. The van der Waals surface area contributed by atoms with Gasteiger partial charge in [0.2, 0.25) is 94.5 Å². The largest absolute Gasteiger partial charge is 0.481 e. The number of pyridine rings is 1. The summed E-state index contributed by atoms with van der Waals surface area (Å²) < 4.78 is 0. The third-order valence-electron chi connectivity index (χ3n) is 21.2. The molecular formula is C88H129N21O20S. The van der Waals surface area contributed by atoms with Gasteiger partial charge < -0.3 is 118 Å². The lowest BCUT2D eigenvalue weighted by Gasteiger charge is -2.32. The van der Waals surface area contributed by atoms with Crippen molar-refractivity contribution in [2.75, 3.05) is 38.2 Å². The van der Waals surface area contributed by atoms with E-state index in [2.05, 4.69) is 84.7 Å². The van der Waals surface area contributed by atoms with Crippen LogP contribution in [0.1, 0.15) is 137 Å². The van der Waals surface area contributed by atoms with Crippen molar-refractivity contribution in [1.82, 2.24) is 89.6 Å². The Morgan fingerprint density at radius 1 is 0.492 bits per heavy atom. The zero-order valence-corrected chi connectivity index (χ0v) is 76.4. The number of carbonyl (C=O) groups is 18. The number of thioether (sulfide) groups is 1. The summed E-state index contributed by atoms with van der Waals surface area (Å²) in [4.78, 5) is 262. The number of benzene rings is 3. The molecule has 18 amide bonds. The summed E-state index contributed by atoms with van der Waals surface area (Å²) in [6.45, 7) is 17.6. The van der Waals surface area contributed by atoms with Crippen LogP contribution >= 0.6 is 11.8 Å². The van der Waals surface area contributed by atoms with Crippen LogP contribution in [-0.4, -0.2) is 262 Å². The molecule has 42 heteroatoms. The predicted octanol–water partition coefficient (Wildman–Crippen LogP) is -3.01. The number of urea groups is 1. The molecule has 0 bridgehead atoms. The minimum Gasteiger partial charge on any atom is -0.481 e. The number of carboxylic acids is 1. The molecule has 41 nitrogen and oxygen atoms in total. The van der Waals surface area contributed by atoms with Gasteiger partial charge in [-0.3, -0.25) is 86.5 Å². The Kier molecular flexibility index (Phi) is 44.2. The zero-order valence-electron chi connectivity index (χ0n) is 75.6. The van der Waals surface area contributed by atoms with Crippen molar-refractivity contribution in [3.8, 4) is 11.1 Å². The number of nitrogens with one attached hydrogen (secondary N) is 15. The van der Waals surface area contributed by atoms with Gasteiger partial charge in [0.1, 0.15) is 90.6 Å². The number of likely N-dealkylation sites (N-methyl/N-ethyl adjacent to an activating group) is 1. The van der Waals surface area contributed by atoms with Crippen LogP contribution in [0.2, 0.25) is 0 Å². The molecule has 5 rings (SSSR count). The van der Waals surface area contributed by atoms with E-state index < -0.39 is 240 Å². The maximum atomic E-state index is 15.3. The molecule has 712 valence electrons. The summed E-state index contributed by atoms with van der Waals surface area (Å²) in [5.74, 6) is -21.2. The standard InChI is InChI=1S/C88H129N21O20S/c1-45(2)35-60-76(117)97-58(28-31-89)75(116)100-61(36-46(3)4)80(121)107-71(48(7)8)85(126)108-72(52(12)110)86(127)105-67(83(124)95-50(10)73(91)114)43-130-44-68(111)96-66(42-90)82(123)102-62(39-54-29-33-93-34-30-54)78(119)103-65(41-69(112)113)79(120)101-64(40-55-20-17-19-49(9)37-55)81(122)106-70(47(5)6)84(125)104-63(38-53-24-26-57(27-25-53)56-21-15-14-16-22-56)77(118)98-59(23-18-32-94-88(92)129)87(128)109(13)51(11)74(115)99-60/h14-17,19-22,24-27,29-30,33-34,37,45-48,50-52,58-67,70-72,110H,18,23,28,31-32,35-36,38-44,89-90H2,1-13H3,(H2,91,114)(H,95,124)(H,96,111)(H,97,117)(H,98,118)(H,99,115)(H,100,116)(H,101,120)(H,102,123)(H,103,119)(H,104,125)(H,105,127)(H,106,122)(H,107,121)(H,108,126)(H,112,113)(H3,92,94,129)/t50-,51-,52+,58-,59-,60+,61-,62-,63-,64-,65-,66-,67-,70-,71-,72-/m0/s1. The van der Waals surface area contributed by atoms with Gasteiger partial charge in [0.05, 0.1) is 18.3 Å². The number of aliphatic hydroxyl groups excluding tert-OH is 1. The highest BCUT2D eigenvalue weighted by Gasteiger charge is 2.41. The Hall–Kier alpha value is -12.7. The molecule has 0 spiro atoms. The SMILES string of the molecule is Cc1cccc(C[C@@H]2NC(=O)[C@H](CC(=O)O)NC(=O)[C@H](Cc3ccncc3)NC(=O)[C@H](CN)NC(=O)CSC[C@@H](C(=O)N[C@@H](C)C(N)=O)NC(=O)[C@H]([C@@H](C)O)NC(=O)[C@H](C(C)C)NC(=O)[C@H](CC(C)C)NC(=O)[C@H](CCN)NC(=O)[C@@H](CC(C)C)NC(=O)[C@H](C)N(C)C(=O)[C@H](CCCNC(N)=O)NC(=O)[C@H](Cc3ccc(-c4ccccc4)cc3)NC(=O)[C@H](C(C)C)NC2=O)c1. The first-order chi connectivity index (χ1) is 61.3. The van der Waals surface area contributed by atoms with Crippen molar-refractivity contribution in [2.45, 2.75) is 238 Å². The normalized spacial score (nSPS) is 24.0. The second-order valence-corrected chi connectivity index (χ2v) is 34.8. The van der Waals surface area contributed by atoms with Gasteiger partial charge in [-0.25, -0.2) is 4.79 Å². The maximum absolute atomic E-state index is 15.3. The van der Waals surface area contributed by atoms with Crippen molar-refractivity contribution in [1.29, 1.82) is 0 Å². The average Bonchev–Trinajstić information content (AvgIpc) is 0.833. The zero-order chi connectivity index (χ0) is 96.9. The summed E-state index contributed by atoms with van der Waals surface area (Å²) in [7, 11) is 1.25. The van der Waals surface area contributed by atoms with Crippen molar-refractivity contribution >= 4 is 118 Å². The fraction of sp³-hybridized carbons (Fsp3) is 0.534. The Morgan fingerprint density at radius 3 is 1.45 bits per heavy atom. The number of amides is 18. The van der Waals surface area contributed by atoms with E-state index in [1.807, 2.05) is 30.3 Å². The van der Waals surface area contributed by atoms with Crippen molar-refractivity contribution < 1.29 is 96.5 Å². The molecule has 1 saturated heterocycles. The van der Waals surface area contributed by atoms with Crippen LogP contribution in [0.15, 0.2) is 103 Å². The van der Waals surface area contributed by atoms with Gasteiger partial charge >= 0.3 is 12.0 Å². The lowest BCUT2D eigenvalue weighted by molar-refractivity contribution is -0.143. The van der Waals surface area contributed by atoms with Crippen LogP contribution in [0.4, 0.5) is 4.79 Å². The van der Waals surface area contributed by atoms with Crippen LogP contribution in [0.5, 0.6) is 0 Å². The molecule has 1 aromatic heterocycles. The molecule has 16 atom stereocenters. The number of nitrogens with two attached hydrogens (primary N) is 4. The van der Waals surface area contributed by atoms with E-state index in [1.54, 1.807) is 97.0 Å². The summed E-state index contributed by atoms with van der Waals surface area (Å²) in [5, 5.41) is 59.8. The number of aryl methyl sites for hydroxylation is 1. The predicted molar refractivity (Wildman–Crippen MR) is 482 cm³/mol. The van der Waals surface area contributed by atoms with Gasteiger partial charge in [-0.15, -0.1) is 11.8 Å². The third kappa shape index (κ3) is 35.7. The average molecular weight is 1830 g/mol. The number of nitrogens with zero attached hydrogens (tertiary/aromatic N) is 2. The topological polar surface area (TPSA) is 648 Å². The van der Waals surface area contributed by atoms with E-state index in [0.717, 1.165) is 23.0 Å². The van der Waals surface area contributed by atoms with E-state index >= 15 is 19.2 Å². The second-order valence-electron chi connectivity index (χ2n) is 33.8. The Labute approximate surface area is 760 Å². The van der Waals surface area contributed by atoms with Crippen molar-refractivity contribution in [2.24, 2.45) is 46.6 Å². The molecular weight excluding hydrogens is 1700 g/mol. The maximum Gasteiger partial charge on any atom is 0.312 e. The lowest BCUT2D eigenvalue weighted by Crippen LogP contribution is -2.63. The highest BCUT2D eigenvalue weighted by molar-refractivity contribution is 8.00. The molecule has 0 radical (unpaired) electrons. The highest BCUT2D eigenvalue weighted by atomic mass is 32.2. The summed E-state index contributed by atoms with van der Waals surface area (Å²) in [6, 6.07) is 0.996. The quantitative estimate of drug-likeness (QED) is 0.0278. The lowest BCUT2D eigenvalue weighted by atomic mass is 9.97. The first-order valence-corrected chi connectivity index (χ1v) is 44.3. The molecule has 2 heterocycles. The number of hydrogen-bond donors (Lipinski definition) is 21. The van der Waals surface area contributed by atoms with Crippen molar-refractivity contribution in [3.63, 3.8) is 0 Å². The molecule has 1 fully saturated rings. The Morgan fingerprint density at radius 2 is 0.938 bits per heavy atom. The number of primary amides is 2. The minimum atomic E-state index is -2.03. The van der Waals surface area contributed by atoms with Gasteiger partial charge in [0.25, 0.3) is 0 Å². The van der Waals surface area contributed by atoms with Crippen molar-refractivity contribution in [3.05, 3.63) is 126 Å². The smallest absolute Gasteiger partial charge is 0.312 e. The number of aliphatic carboxylic acids is 1. The molecule has 3 aromatic carbocycles. The number of carbonyl (C=O) groups excluding carboxylic acids is 17. The molecule has 4 aromatic rings. The first-order valence-electron chi connectivity index (χ1n) is 43.1. The summed E-state index contributed by atoms with van der Waals surface area (Å²) in [5.41, 5.74) is 26.6. The minimum absolute atomic E-state index is 0.0213. The van der Waals surface area contributed by atoms with E-state index in [4.69, 9.17) is 22.9 Å². The fourth-order valence-electron chi connectivity index (χ4n) is 13.7. The molecule has 1 aliphatic heterocycles. The summed E-state index contributed by atoms with van der Waals surface area (Å²) >= 11 is 0.690. The number of carboxylic acid groups (broad SMARTS) is 1. The molecule has 0 saturated carbocycles. The van der Waals surface area contributed by atoms with E-state index in [9.17, 15) is 77.3 Å². The number of hydrogen-bond acceptors (Lipinski definition) is 23. The van der Waals surface area contributed by atoms with Crippen LogP contribution in [0, 0.1) is 30.6 Å².